The van der Waals surface area contributed by atoms with Gasteiger partial charge in [-0.1, -0.05) is 52.9 Å². The lowest BCUT2D eigenvalue weighted by Gasteiger charge is -2.27. The Hall–Kier alpha value is -0.500. The Bertz CT molecular complexity index is 312. The van der Waals surface area contributed by atoms with Crippen molar-refractivity contribution in [3.63, 3.8) is 0 Å². The number of pyridine rings is 1. The summed E-state index contributed by atoms with van der Waals surface area (Å²) in [5, 5.41) is 0. The van der Waals surface area contributed by atoms with Gasteiger partial charge in [0.2, 0.25) is 0 Å². The molecular weight excluding hydrogens is 238 g/mol. The van der Waals surface area contributed by atoms with Gasteiger partial charge in [0.05, 0.1) is 0 Å². The molecule has 0 aromatic carbocycles. The topological polar surface area (TPSA) is 12.9 Å². The van der Waals surface area contributed by atoms with E-state index in [-0.39, 0.29) is 0 Å². The Kier molecular flexibility index (Phi) is 7.41. The highest BCUT2D eigenvalue weighted by atomic mass is 32.2. The van der Waals surface area contributed by atoms with Crippen LogP contribution in [0.3, 0.4) is 0 Å². The van der Waals surface area contributed by atoms with Crippen molar-refractivity contribution < 1.29 is 0 Å². The van der Waals surface area contributed by atoms with Crippen molar-refractivity contribution >= 4 is 11.8 Å². The molecule has 18 heavy (non-hydrogen) atoms. The molecule has 102 valence electrons. The van der Waals surface area contributed by atoms with Crippen LogP contribution >= 0.6 is 11.8 Å². The average Bonchev–Trinajstić information content (AvgIpc) is 2.40. The number of hydrogen-bond acceptors (Lipinski definition) is 2. The molecule has 1 heterocycles. The summed E-state index contributed by atoms with van der Waals surface area (Å²) in [4.78, 5) is 5.50. The molecule has 1 nitrogen and oxygen atoms in total. The third-order valence-electron chi connectivity index (χ3n) is 3.56. The van der Waals surface area contributed by atoms with Gasteiger partial charge in [-0.3, -0.25) is 4.98 Å². The van der Waals surface area contributed by atoms with E-state index in [0.717, 1.165) is 0 Å². The van der Waals surface area contributed by atoms with Crippen molar-refractivity contribution in [2.24, 2.45) is 0 Å². The number of thioether (sulfide) groups is 1. The van der Waals surface area contributed by atoms with Gasteiger partial charge in [0.25, 0.3) is 0 Å². The minimum atomic E-state index is 0.370. The smallest absolute Gasteiger partial charge is 0.0404 e. The molecule has 1 aromatic rings. The summed E-state index contributed by atoms with van der Waals surface area (Å²) >= 11 is 1.99. The highest BCUT2D eigenvalue weighted by Gasteiger charge is 2.22. The van der Waals surface area contributed by atoms with Crippen molar-refractivity contribution in [2.75, 3.05) is 0 Å². The molecule has 0 saturated carbocycles. The van der Waals surface area contributed by atoms with Crippen LogP contribution in [0.15, 0.2) is 29.4 Å². The van der Waals surface area contributed by atoms with Crippen LogP contribution in [0.25, 0.3) is 0 Å². The Morgan fingerprint density at radius 1 is 1.17 bits per heavy atom. The van der Waals surface area contributed by atoms with Crippen molar-refractivity contribution in [2.45, 2.75) is 75.4 Å². The van der Waals surface area contributed by atoms with E-state index in [9.17, 15) is 0 Å². The predicted molar refractivity (Wildman–Crippen MR) is 82.2 cm³/mol. The van der Waals surface area contributed by atoms with Crippen LogP contribution in [0.1, 0.15) is 65.7 Å². The highest BCUT2D eigenvalue weighted by molar-refractivity contribution is 8.00. The zero-order valence-electron chi connectivity index (χ0n) is 12.1. The summed E-state index contributed by atoms with van der Waals surface area (Å²) in [5.74, 6) is 0. The van der Waals surface area contributed by atoms with E-state index in [2.05, 4.69) is 31.8 Å². The fourth-order valence-corrected chi connectivity index (χ4v) is 3.31. The van der Waals surface area contributed by atoms with Crippen LogP contribution < -0.4 is 0 Å². The normalized spacial score (nSPS) is 14.4. The van der Waals surface area contributed by atoms with Crippen molar-refractivity contribution in [1.82, 2.24) is 4.98 Å². The molecule has 2 heteroatoms. The van der Waals surface area contributed by atoms with E-state index in [1.54, 1.807) is 0 Å². The Balaban J connectivity index is 2.37. The Labute approximate surface area is 117 Å². The maximum absolute atomic E-state index is 4.20. The van der Waals surface area contributed by atoms with Gasteiger partial charge in [-0.05, 0) is 25.0 Å². The largest absolute Gasteiger partial charge is 0.264 e. The predicted octanol–water partition coefficient (Wildman–Crippen LogP) is 5.70. The summed E-state index contributed by atoms with van der Waals surface area (Å²) in [6.07, 6.45) is 13.2. The van der Waals surface area contributed by atoms with Gasteiger partial charge in [0, 0.05) is 22.0 Å². The van der Waals surface area contributed by atoms with Gasteiger partial charge < -0.3 is 0 Å². The number of nitrogens with zero attached hydrogens (tertiary/aromatic N) is 1. The van der Waals surface area contributed by atoms with Gasteiger partial charge in [-0.15, -0.1) is 11.8 Å². The fourth-order valence-electron chi connectivity index (χ4n) is 2.09. The van der Waals surface area contributed by atoms with Crippen molar-refractivity contribution in [3.05, 3.63) is 24.5 Å². The molecular formula is C16H27NS. The molecule has 0 aliphatic rings. The van der Waals surface area contributed by atoms with Crippen molar-refractivity contribution in [3.8, 4) is 0 Å². The molecule has 1 aromatic heterocycles. The molecule has 0 N–H and O–H groups in total. The zero-order valence-corrected chi connectivity index (χ0v) is 12.9. The first kappa shape index (κ1) is 15.6. The van der Waals surface area contributed by atoms with E-state index in [0.29, 0.717) is 4.75 Å². The van der Waals surface area contributed by atoms with Gasteiger partial charge >= 0.3 is 0 Å². The molecule has 0 aliphatic carbocycles. The zero-order chi connectivity index (χ0) is 13.3. The van der Waals surface area contributed by atoms with E-state index in [1.165, 1.54) is 49.8 Å². The molecule has 0 spiro atoms. The summed E-state index contributed by atoms with van der Waals surface area (Å²) in [6.45, 7) is 6.97. The van der Waals surface area contributed by atoms with E-state index in [4.69, 9.17) is 0 Å². The summed E-state index contributed by atoms with van der Waals surface area (Å²) in [6, 6.07) is 4.20. The Morgan fingerprint density at radius 2 is 1.94 bits per heavy atom. The van der Waals surface area contributed by atoms with Gasteiger partial charge in [-0.2, -0.15) is 0 Å². The summed E-state index contributed by atoms with van der Waals surface area (Å²) < 4.78 is 0.370. The number of rotatable bonds is 9. The second-order valence-electron chi connectivity index (χ2n) is 5.26. The quantitative estimate of drug-likeness (QED) is 0.419. The van der Waals surface area contributed by atoms with Crippen LogP contribution in [0.5, 0.6) is 0 Å². The fraction of sp³-hybridized carbons (Fsp3) is 0.688. The maximum atomic E-state index is 4.20. The Morgan fingerprint density at radius 3 is 2.56 bits per heavy atom. The second kappa shape index (κ2) is 8.58. The summed E-state index contributed by atoms with van der Waals surface area (Å²) in [7, 11) is 0. The first-order chi connectivity index (χ1) is 8.70. The molecule has 0 bridgehead atoms. The molecule has 1 atom stereocenters. The van der Waals surface area contributed by atoms with Crippen LogP contribution in [0, 0.1) is 0 Å². The third-order valence-corrected chi connectivity index (χ3v) is 5.02. The van der Waals surface area contributed by atoms with Crippen LogP contribution in [-0.2, 0) is 0 Å². The van der Waals surface area contributed by atoms with Crippen molar-refractivity contribution in [1.29, 1.82) is 0 Å². The van der Waals surface area contributed by atoms with Crippen LogP contribution in [0.2, 0.25) is 0 Å². The second-order valence-corrected chi connectivity index (χ2v) is 6.92. The van der Waals surface area contributed by atoms with Crippen LogP contribution in [-0.4, -0.2) is 9.73 Å². The molecule has 0 aliphatic heterocycles. The average molecular weight is 265 g/mol. The molecule has 1 rings (SSSR count). The minimum Gasteiger partial charge on any atom is -0.264 e. The van der Waals surface area contributed by atoms with Gasteiger partial charge in [-0.25, -0.2) is 0 Å². The standard InChI is InChI=1S/C16H27NS/c1-4-6-7-8-9-12-16(3,5-2)18-15-11-10-13-17-14-15/h10-11,13-14H,4-9,12H2,1-3H3. The number of aromatic nitrogens is 1. The first-order valence-electron chi connectivity index (χ1n) is 7.29. The van der Waals surface area contributed by atoms with Gasteiger partial charge in [0.15, 0.2) is 0 Å². The third kappa shape index (κ3) is 5.90. The summed E-state index contributed by atoms with van der Waals surface area (Å²) in [5.41, 5.74) is 0. The molecule has 0 saturated heterocycles. The minimum absolute atomic E-state index is 0.370. The van der Waals surface area contributed by atoms with Crippen LogP contribution in [0.4, 0.5) is 0 Å². The molecule has 0 radical (unpaired) electrons. The van der Waals surface area contributed by atoms with E-state index in [1.807, 2.05) is 30.2 Å². The first-order valence-corrected chi connectivity index (χ1v) is 8.11. The van der Waals surface area contributed by atoms with E-state index >= 15 is 0 Å². The lowest BCUT2D eigenvalue weighted by molar-refractivity contribution is 0.512. The van der Waals surface area contributed by atoms with Gasteiger partial charge in [0.1, 0.15) is 0 Å². The number of hydrogen-bond donors (Lipinski definition) is 0. The number of unbranched alkanes of at least 4 members (excludes halogenated alkanes) is 4. The monoisotopic (exact) mass is 265 g/mol. The molecule has 1 unspecified atom stereocenters. The highest BCUT2D eigenvalue weighted by Crippen LogP contribution is 2.38. The molecule has 0 amide bonds. The SMILES string of the molecule is CCCCCCCC(C)(CC)Sc1cccnc1. The lowest BCUT2D eigenvalue weighted by atomic mass is 9.99. The maximum Gasteiger partial charge on any atom is 0.0404 e. The molecule has 0 fully saturated rings. The lowest BCUT2D eigenvalue weighted by Crippen LogP contribution is -2.18. The van der Waals surface area contributed by atoms with E-state index < -0.39 is 0 Å².